The summed E-state index contributed by atoms with van der Waals surface area (Å²) in [4.78, 5) is 0. The molecule has 0 bridgehead atoms. The van der Waals surface area contributed by atoms with Crippen LogP contribution in [0.3, 0.4) is 0 Å². The summed E-state index contributed by atoms with van der Waals surface area (Å²) in [6.07, 6.45) is 2.36. The lowest BCUT2D eigenvalue weighted by Crippen LogP contribution is -2.10. The number of rotatable bonds is 2. The molecule has 15 heavy (non-hydrogen) atoms. The van der Waals surface area contributed by atoms with E-state index in [1.54, 1.807) is 0 Å². The third-order valence-corrected chi connectivity index (χ3v) is 3.66. The van der Waals surface area contributed by atoms with Crippen LogP contribution in [0.4, 0.5) is 0 Å². The number of nitrogens with two attached hydrogens (primary N) is 1. The van der Waals surface area contributed by atoms with Gasteiger partial charge in [0.1, 0.15) is 0 Å². The van der Waals surface area contributed by atoms with Crippen molar-refractivity contribution < 1.29 is 4.74 Å². The van der Waals surface area contributed by atoms with Gasteiger partial charge in [-0.05, 0) is 47.9 Å². The molecule has 0 spiro atoms. The van der Waals surface area contributed by atoms with Gasteiger partial charge in [-0.3, -0.25) is 0 Å². The Morgan fingerprint density at radius 3 is 3.07 bits per heavy atom. The van der Waals surface area contributed by atoms with Crippen molar-refractivity contribution in [3.8, 4) is 0 Å². The minimum atomic E-state index is 0.739. The lowest BCUT2D eigenvalue weighted by molar-refractivity contribution is 0.110. The molecule has 0 amide bonds. The standard InChI is InChI=1S/C13H17NO/c14-7-12-6-13(12)10-1-2-11-8-15-4-3-9(11)5-10/h1-2,5,12-13H,3-4,6-8,14H2. The SMILES string of the molecule is NCC1CC1c1ccc2c(c1)CCOC2. The Morgan fingerprint density at radius 1 is 1.33 bits per heavy atom. The van der Waals surface area contributed by atoms with E-state index >= 15 is 0 Å². The van der Waals surface area contributed by atoms with Crippen LogP contribution in [0.5, 0.6) is 0 Å². The first-order chi connectivity index (χ1) is 7.38. The molecule has 0 saturated heterocycles. The quantitative estimate of drug-likeness (QED) is 0.795. The Labute approximate surface area is 90.4 Å². The molecule has 2 unspecified atom stereocenters. The Hall–Kier alpha value is -0.860. The fourth-order valence-electron chi connectivity index (χ4n) is 2.53. The van der Waals surface area contributed by atoms with Gasteiger partial charge in [-0.15, -0.1) is 0 Å². The molecule has 2 N–H and O–H groups in total. The fraction of sp³-hybridized carbons (Fsp3) is 0.538. The van der Waals surface area contributed by atoms with Gasteiger partial charge < -0.3 is 10.5 Å². The van der Waals surface area contributed by atoms with E-state index in [9.17, 15) is 0 Å². The average molecular weight is 203 g/mol. The molecular weight excluding hydrogens is 186 g/mol. The molecule has 2 nitrogen and oxygen atoms in total. The maximum atomic E-state index is 5.68. The van der Waals surface area contributed by atoms with E-state index in [2.05, 4.69) is 18.2 Å². The van der Waals surface area contributed by atoms with E-state index in [1.165, 1.54) is 23.1 Å². The van der Waals surface area contributed by atoms with E-state index in [4.69, 9.17) is 10.5 Å². The van der Waals surface area contributed by atoms with E-state index in [0.29, 0.717) is 0 Å². The van der Waals surface area contributed by atoms with E-state index < -0.39 is 0 Å². The van der Waals surface area contributed by atoms with Crippen molar-refractivity contribution >= 4 is 0 Å². The Bertz CT molecular complexity index is 375. The highest BCUT2D eigenvalue weighted by molar-refractivity contribution is 5.37. The summed E-state index contributed by atoms with van der Waals surface area (Å²) in [6.45, 7) is 2.51. The lowest BCUT2D eigenvalue weighted by Gasteiger charge is -2.17. The van der Waals surface area contributed by atoms with Gasteiger partial charge in [-0.1, -0.05) is 18.2 Å². The van der Waals surface area contributed by atoms with Gasteiger partial charge in [0.25, 0.3) is 0 Å². The van der Waals surface area contributed by atoms with Crippen LogP contribution in [0.2, 0.25) is 0 Å². The molecule has 2 heteroatoms. The van der Waals surface area contributed by atoms with Crippen LogP contribution in [0, 0.1) is 5.92 Å². The first kappa shape index (κ1) is 9.37. The maximum absolute atomic E-state index is 5.68. The normalized spacial score (nSPS) is 28.6. The van der Waals surface area contributed by atoms with Gasteiger partial charge in [0.2, 0.25) is 0 Å². The topological polar surface area (TPSA) is 35.2 Å². The lowest BCUT2D eigenvalue weighted by atomic mass is 9.98. The minimum absolute atomic E-state index is 0.739. The summed E-state index contributed by atoms with van der Waals surface area (Å²) in [7, 11) is 0. The van der Waals surface area contributed by atoms with Crippen LogP contribution in [-0.2, 0) is 17.8 Å². The first-order valence-electron chi connectivity index (χ1n) is 5.78. The predicted octanol–water partition coefficient (Wildman–Crippen LogP) is 1.82. The fourth-order valence-corrected chi connectivity index (χ4v) is 2.53. The van der Waals surface area contributed by atoms with Crippen molar-refractivity contribution in [3.63, 3.8) is 0 Å². The zero-order valence-electron chi connectivity index (χ0n) is 8.91. The van der Waals surface area contributed by atoms with Crippen molar-refractivity contribution in [2.75, 3.05) is 13.2 Å². The summed E-state index contributed by atoms with van der Waals surface area (Å²) < 4.78 is 5.43. The highest BCUT2D eigenvalue weighted by Gasteiger charge is 2.37. The van der Waals surface area contributed by atoms with Gasteiger partial charge in [-0.25, -0.2) is 0 Å². The molecule has 2 aliphatic rings. The summed E-state index contributed by atoms with van der Waals surface area (Å²) in [6, 6.07) is 6.86. The Kier molecular flexibility index (Phi) is 2.26. The number of hydrogen-bond acceptors (Lipinski definition) is 2. The molecular formula is C13H17NO. The third-order valence-electron chi connectivity index (χ3n) is 3.66. The van der Waals surface area contributed by atoms with Crippen molar-refractivity contribution in [2.45, 2.75) is 25.4 Å². The second-order valence-corrected chi connectivity index (χ2v) is 4.67. The molecule has 0 radical (unpaired) electrons. The zero-order valence-corrected chi connectivity index (χ0v) is 8.91. The second-order valence-electron chi connectivity index (χ2n) is 4.67. The smallest absolute Gasteiger partial charge is 0.0719 e. The van der Waals surface area contributed by atoms with Gasteiger partial charge in [-0.2, -0.15) is 0 Å². The highest BCUT2D eigenvalue weighted by Crippen LogP contribution is 2.47. The number of ether oxygens (including phenoxy) is 1. The largest absolute Gasteiger partial charge is 0.376 e. The van der Waals surface area contributed by atoms with Crippen molar-refractivity contribution in [1.82, 2.24) is 0 Å². The Balaban J connectivity index is 1.85. The summed E-state index contributed by atoms with van der Waals surface area (Å²) in [5.41, 5.74) is 10.0. The summed E-state index contributed by atoms with van der Waals surface area (Å²) in [5, 5.41) is 0. The summed E-state index contributed by atoms with van der Waals surface area (Å²) in [5.74, 6) is 1.48. The van der Waals surface area contributed by atoms with Gasteiger partial charge in [0.15, 0.2) is 0 Å². The van der Waals surface area contributed by atoms with Crippen LogP contribution in [0.1, 0.15) is 29.0 Å². The molecule has 1 heterocycles. The first-order valence-corrected chi connectivity index (χ1v) is 5.78. The van der Waals surface area contributed by atoms with Crippen molar-refractivity contribution in [3.05, 3.63) is 34.9 Å². The highest BCUT2D eigenvalue weighted by atomic mass is 16.5. The van der Waals surface area contributed by atoms with Gasteiger partial charge >= 0.3 is 0 Å². The molecule has 1 aliphatic heterocycles. The van der Waals surface area contributed by atoms with Crippen LogP contribution < -0.4 is 5.73 Å². The monoisotopic (exact) mass is 203 g/mol. The van der Waals surface area contributed by atoms with E-state index in [0.717, 1.165) is 38.0 Å². The van der Waals surface area contributed by atoms with Gasteiger partial charge in [0.05, 0.1) is 13.2 Å². The molecule has 1 aromatic carbocycles. The van der Waals surface area contributed by atoms with Crippen LogP contribution in [-0.4, -0.2) is 13.2 Å². The van der Waals surface area contributed by atoms with E-state index in [-0.39, 0.29) is 0 Å². The molecule has 80 valence electrons. The molecule has 2 atom stereocenters. The predicted molar refractivity (Wildman–Crippen MR) is 59.7 cm³/mol. The number of fused-ring (bicyclic) bond motifs is 1. The molecule has 1 fully saturated rings. The minimum Gasteiger partial charge on any atom is -0.376 e. The van der Waals surface area contributed by atoms with Crippen molar-refractivity contribution in [2.24, 2.45) is 11.7 Å². The third kappa shape index (κ3) is 1.68. The zero-order chi connectivity index (χ0) is 10.3. The van der Waals surface area contributed by atoms with Crippen molar-refractivity contribution in [1.29, 1.82) is 0 Å². The van der Waals surface area contributed by atoms with E-state index in [1.807, 2.05) is 0 Å². The second kappa shape index (κ2) is 3.62. The van der Waals surface area contributed by atoms with Crippen LogP contribution >= 0.6 is 0 Å². The molecule has 0 aromatic heterocycles. The molecule has 1 aliphatic carbocycles. The van der Waals surface area contributed by atoms with Gasteiger partial charge in [0, 0.05) is 0 Å². The average Bonchev–Trinajstić information content (AvgIpc) is 3.08. The molecule has 1 saturated carbocycles. The summed E-state index contributed by atoms with van der Waals surface area (Å²) >= 11 is 0. The number of hydrogen-bond donors (Lipinski definition) is 1. The molecule has 3 rings (SSSR count). The maximum Gasteiger partial charge on any atom is 0.0719 e. The number of benzene rings is 1. The van der Waals surface area contributed by atoms with Crippen LogP contribution in [0.25, 0.3) is 0 Å². The molecule has 1 aromatic rings. The Morgan fingerprint density at radius 2 is 2.27 bits per heavy atom. The van der Waals surface area contributed by atoms with Crippen LogP contribution in [0.15, 0.2) is 18.2 Å².